The van der Waals surface area contributed by atoms with Crippen molar-refractivity contribution in [3.8, 4) is 0 Å². The lowest BCUT2D eigenvalue weighted by Gasteiger charge is -2.56. The van der Waals surface area contributed by atoms with Gasteiger partial charge in [-0.05, 0) is 86.8 Å². The average Bonchev–Trinajstić information content (AvgIpc) is 2.97. The smallest absolute Gasteiger partial charge is 0.152 e. The molecule has 1 aromatic heterocycles. The first-order chi connectivity index (χ1) is 12.2. The van der Waals surface area contributed by atoms with Crippen LogP contribution in [0.3, 0.4) is 0 Å². The van der Waals surface area contributed by atoms with Crippen LogP contribution in [0.4, 0.5) is 0 Å². The molecule has 2 nitrogen and oxygen atoms in total. The zero-order chi connectivity index (χ0) is 17.0. The summed E-state index contributed by atoms with van der Waals surface area (Å²) in [5.41, 5.74) is 5.04. The minimum Gasteiger partial charge on any atom is -0.357 e. The number of aldehydes is 1. The van der Waals surface area contributed by atoms with Crippen molar-refractivity contribution >= 4 is 17.2 Å². The number of nitrogens with one attached hydrogen (secondary N) is 1. The maximum Gasteiger partial charge on any atom is 0.152 e. The lowest BCUT2D eigenvalue weighted by atomic mass is 9.48. The van der Waals surface area contributed by atoms with Gasteiger partial charge < -0.3 is 4.98 Å². The molecule has 0 saturated heterocycles. The van der Waals surface area contributed by atoms with Crippen LogP contribution in [0.15, 0.2) is 18.2 Å². The number of hydrogen-bond acceptors (Lipinski definition) is 1. The largest absolute Gasteiger partial charge is 0.357 e. The van der Waals surface area contributed by atoms with Crippen molar-refractivity contribution in [3.05, 3.63) is 35.0 Å². The molecule has 1 heterocycles. The SMILES string of the molecule is CCCCc1ccc2[nH]c(C34CC5CC(CC(C5)C3)C4)c(C=O)c2c1. The van der Waals surface area contributed by atoms with Gasteiger partial charge in [0.05, 0.1) is 0 Å². The van der Waals surface area contributed by atoms with Gasteiger partial charge >= 0.3 is 0 Å². The number of aromatic nitrogens is 1. The molecule has 4 aliphatic carbocycles. The van der Waals surface area contributed by atoms with Crippen LogP contribution in [0.1, 0.15) is 79.9 Å². The number of hydrogen-bond donors (Lipinski definition) is 1. The third kappa shape index (κ3) is 2.40. The fraction of sp³-hybridized carbons (Fsp3) is 0.609. The van der Waals surface area contributed by atoms with Gasteiger partial charge in [-0.25, -0.2) is 0 Å². The summed E-state index contributed by atoms with van der Waals surface area (Å²) in [6.07, 6.45) is 12.9. The molecule has 4 aliphatic rings. The van der Waals surface area contributed by atoms with E-state index in [0.29, 0.717) is 0 Å². The highest BCUT2D eigenvalue weighted by Crippen LogP contribution is 2.61. The Balaban J connectivity index is 1.60. The van der Waals surface area contributed by atoms with Crippen LogP contribution in [0.5, 0.6) is 0 Å². The minimum absolute atomic E-state index is 0.258. The van der Waals surface area contributed by atoms with Crippen molar-refractivity contribution in [2.75, 3.05) is 0 Å². The van der Waals surface area contributed by atoms with Gasteiger partial charge in [0.25, 0.3) is 0 Å². The number of rotatable bonds is 5. The van der Waals surface area contributed by atoms with Crippen molar-refractivity contribution in [2.24, 2.45) is 17.8 Å². The van der Waals surface area contributed by atoms with Crippen LogP contribution < -0.4 is 0 Å². The van der Waals surface area contributed by atoms with Crippen LogP contribution in [0, 0.1) is 17.8 Å². The molecule has 0 aliphatic heterocycles. The monoisotopic (exact) mass is 335 g/mol. The quantitative estimate of drug-likeness (QED) is 0.689. The van der Waals surface area contributed by atoms with Crippen molar-refractivity contribution in [1.29, 1.82) is 0 Å². The number of carbonyl (C=O) groups excluding carboxylic acids is 1. The van der Waals surface area contributed by atoms with Crippen molar-refractivity contribution in [1.82, 2.24) is 4.98 Å². The van der Waals surface area contributed by atoms with Gasteiger partial charge in [-0.2, -0.15) is 0 Å². The maximum absolute atomic E-state index is 12.1. The Bertz CT molecular complexity index is 780. The normalized spacial score (nSPS) is 33.2. The molecule has 132 valence electrons. The van der Waals surface area contributed by atoms with Crippen LogP contribution in [0.2, 0.25) is 0 Å². The number of H-pyrrole nitrogens is 1. The second-order valence-electron chi connectivity index (χ2n) is 9.21. The molecule has 0 radical (unpaired) electrons. The van der Waals surface area contributed by atoms with E-state index >= 15 is 0 Å². The molecular weight excluding hydrogens is 306 g/mol. The second kappa shape index (κ2) is 5.72. The average molecular weight is 335 g/mol. The molecule has 1 N–H and O–H groups in total. The predicted molar refractivity (Wildman–Crippen MR) is 102 cm³/mol. The first kappa shape index (κ1) is 15.7. The van der Waals surface area contributed by atoms with Gasteiger partial charge in [0, 0.05) is 27.6 Å². The summed E-state index contributed by atoms with van der Waals surface area (Å²) in [5, 5.41) is 1.16. The molecule has 6 rings (SSSR count). The van der Waals surface area contributed by atoms with E-state index in [-0.39, 0.29) is 5.41 Å². The zero-order valence-electron chi connectivity index (χ0n) is 15.3. The highest BCUT2D eigenvalue weighted by molar-refractivity contribution is 5.99. The Hall–Kier alpha value is -1.57. The van der Waals surface area contributed by atoms with E-state index in [1.165, 1.54) is 62.6 Å². The number of aryl methyl sites for hydroxylation is 1. The number of fused-ring (bicyclic) bond motifs is 1. The molecule has 2 heteroatoms. The number of unbranched alkanes of at least 4 members (excludes halogenated alkanes) is 1. The van der Waals surface area contributed by atoms with E-state index in [1.807, 2.05) is 0 Å². The Morgan fingerprint density at radius 2 is 1.80 bits per heavy atom. The van der Waals surface area contributed by atoms with E-state index in [1.54, 1.807) is 0 Å². The second-order valence-corrected chi connectivity index (χ2v) is 9.21. The van der Waals surface area contributed by atoms with E-state index in [2.05, 4.69) is 30.1 Å². The van der Waals surface area contributed by atoms with Gasteiger partial charge in [-0.15, -0.1) is 0 Å². The van der Waals surface area contributed by atoms with Crippen LogP contribution >= 0.6 is 0 Å². The Morgan fingerprint density at radius 3 is 2.40 bits per heavy atom. The predicted octanol–water partition coefficient (Wildman–Crippen LogP) is 5.79. The highest BCUT2D eigenvalue weighted by Gasteiger charge is 2.53. The van der Waals surface area contributed by atoms with Gasteiger partial charge in [-0.1, -0.05) is 19.4 Å². The van der Waals surface area contributed by atoms with Gasteiger partial charge in [0.15, 0.2) is 6.29 Å². The summed E-state index contributed by atoms with van der Waals surface area (Å²) in [6, 6.07) is 6.72. The van der Waals surface area contributed by atoms with Crippen molar-refractivity contribution in [2.45, 2.75) is 70.1 Å². The van der Waals surface area contributed by atoms with Gasteiger partial charge in [0.1, 0.15) is 0 Å². The standard InChI is InChI=1S/C23H29NO/c1-2-3-4-15-5-6-21-19(10-15)20(14-25)22(24-21)23-11-16-7-17(12-23)9-18(8-16)13-23/h5-6,10,14,16-18,24H,2-4,7-9,11-13H2,1H3. The van der Waals surface area contributed by atoms with Gasteiger partial charge in [-0.3, -0.25) is 4.79 Å². The molecule has 0 atom stereocenters. The van der Waals surface area contributed by atoms with Crippen molar-refractivity contribution in [3.63, 3.8) is 0 Å². The fourth-order valence-electron chi connectivity index (χ4n) is 6.75. The van der Waals surface area contributed by atoms with E-state index in [4.69, 9.17) is 0 Å². The summed E-state index contributed by atoms with van der Waals surface area (Å²) in [5.74, 6) is 2.70. The summed E-state index contributed by atoms with van der Waals surface area (Å²) >= 11 is 0. The molecule has 4 fully saturated rings. The van der Waals surface area contributed by atoms with Crippen molar-refractivity contribution < 1.29 is 4.79 Å². The molecule has 2 aromatic rings. The topological polar surface area (TPSA) is 32.9 Å². The summed E-state index contributed by atoms with van der Waals surface area (Å²) in [4.78, 5) is 15.8. The van der Waals surface area contributed by atoms with Crippen LogP contribution in [-0.2, 0) is 11.8 Å². The number of aromatic amines is 1. The Morgan fingerprint density at radius 1 is 1.12 bits per heavy atom. The van der Waals surface area contributed by atoms with E-state index in [0.717, 1.165) is 46.9 Å². The molecular formula is C23H29NO. The molecule has 0 spiro atoms. The molecule has 25 heavy (non-hydrogen) atoms. The molecule has 0 amide bonds. The minimum atomic E-state index is 0.258. The van der Waals surface area contributed by atoms with E-state index < -0.39 is 0 Å². The van der Waals surface area contributed by atoms with Gasteiger partial charge in [0.2, 0.25) is 0 Å². The maximum atomic E-state index is 12.1. The molecule has 4 bridgehead atoms. The summed E-state index contributed by atoms with van der Waals surface area (Å²) in [6.45, 7) is 2.23. The third-order valence-electron chi connectivity index (χ3n) is 7.41. The zero-order valence-corrected chi connectivity index (χ0v) is 15.3. The first-order valence-corrected chi connectivity index (χ1v) is 10.3. The van der Waals surface area contributed by atoms with E-state index in [9.17, 15) is 4.79 Å². The third-order valence-corrected chi connectivity index (χ3v) is 7.41. The number of benzene rings is 1. The molecule has 4 saturated carbocycles. The first-order valence-electron chi connectivity index (χ1n) is 10.3. The lowest BCUT2D eigenvalue weighted by Crippen LogP contribution is -2.49. The summed E-state index contributed by atoms with van der Waals surface area (Å²) < 4.78 is 0. The summed E-state index contributed by atoms with van der Waals surface area (Å²) in [7, 11) is 0. The Labute approximate surface area is 150 Å². The number of carbonyl (C=O) groups is 1. The highest BCUT2D eigenvalue weighted by atomic mass is 16.1. The molecule has 1 aromatic carbocycles. The fourth-order valence-corrected chi connectivity index (χ4v) is 6.75. The molecule has 0 unspecified atom stereocenters. The van der Waals surface area contributed by atoms with Crippen LogP contribution in [0.25, 0.3) is 10.9 Å². The lowest BCUT2D eigenvalue weighted by molar-refractivity contribution is -0.00710. The Kier molecular flexibility index (Phi) is 3.59. The van der Waals surface area contributed by atoms with Crippen LogP contribution in [-0.4, -0.2) is 11.3 Å².